The molecule has 21 heavy (non-hydrogen) atoms. The molecule has 2 aromatic rings. The maximum absolute atomic E-state index is 12.0. The van der Waals surface area contributed by atoms with Crippen LogP contribution in [0.5, 0.6) is 0 Å². The largest absolute Gasteiger partial charge is 0.387 e. The topological polar surface area (TPSA) is 80.0 Å². The van der Waals surface area contributed by atoms with Crippen molar-refractivity contribution in [2.24, 2.45) is 0 Å². The molecule has 1 atom stereocenters. The van der Waals surface area contributed by atoms with E-state index in [0.29, 0.717) is 11.4 Å². The Morgan fingerprint density at radius 1 is 1.38 bits per heavy atom. The molecule has 0 saturated carbocycles. The molecule has 1 aromatic heterocycles. The van der Waals surface area contributed by atoms with Gasteiger partial charge in [0.15, 0.2) is 0 Å². The fourth-order valence-electron chi connectivity index (χ4n) is 1.57. The molecule has 2 N–H and O–H groups in total. The Morgan fingerprint density at radius 3 is 2.52 bits per heavy atom. The number of benzene rings is 1. The predicted octanol–water partition coefficient (Wildman–Crippen LogP) is 3.26. The molecule has 1 amide bonds. The van der Waals surface area contributed by atoms with Gasteiger partial charge in [0, 0.05) is 13.4 Å². The van der Waals surface area contributed by atoms with Gasteiger partial charge in [0.05, 0.1) is 18.0 Å². The normalized spacial score (nSPS) is 12.2. The van der Waals surface area contributed by atoms with E-state index in [1.807, 2.05) is 12.1 Å². The lowest BCUT2D eigenvalue weighted by atomic mass is 10.3. The zero-order chi connectivity index (χ0) is 15.6. The molecule has 0 aliphatic rings. The summed E-state index contributed by atoms with van der Waals surface area (Å²) in [5, 5.41) is 19.7. The van der Waals surface area contributed by atoms with Crippen molar-refractivity contribution in [3.63, 3.8) is 0 Å². The summed E-state index contributed by atoms with van der Waals surface area (Å²) in [6.07, 6.45) is 0.826. The molecule has 2 rings (SSSR count). The van der Waals surface area contributed by atoms with Gasteiger partial charge >= 0.3 is 0 Å². The molecule has 0 aliphatic heterocycles. The molecule has 6 nitrogen and oxygen atoms in total. The fraction of sp³-hybridized carbons (Fsp3) is 0.250. The first-order chi connectivity index (χ1) is 9.86. The second-order valence-electron chi connectivity index (χ2n) is 4.31. The number of anilines is 1. The molecule has 1 unspecified atom stereocenters. The number of carbonyl (C=O) groups is 1. The predicted molar refractivity (Wildman–Crippen MR) is 88.8 cm³/mol. The van der Waals surface area contributed by atoms with Crippen molar-refractivity contribution in [3.05, 3.63) is 37.4 Å². The lowest BCUT2D eigenvalue weighted by Crippen LogP contribution is -2.19. The fourth-order valence-corrected chi connectivity index (χ4v) is 4.03. The third-order valence-corrected chi connectivity index (χ3v) is 4.27. The number of rotatable bonds is 4. The molecule has 0 spiro atoms. The zero-order valence-electron chi connectivity index (χ0n) is 10.8. The van der Waals surface area contributed by atoms with Crippen LogP contribution in [0.2, 0.25) is 0 Å². The van der Waals surface area contributed by atoms with Crippen molar-refractivity contribution in [2.75, 3.05) is 5.32 Å². The number of aliphatic hydroxyl groups is 1. The first kappa shape index (κ1) is 16.6. The summed E-state index contributed by atoms with van der Waals surface area (Å²) in [6, 6.07) is 3.67. The highest BCUT2D eigenvalue weighted by atomic mass is 79.9. The van der Waals surface area contributed by atoms with Crippen LogP contribution in [0.15, 0.2) is 31.7 Å². The van der Waals surface area contributed by atoms with Crippen LogP contribution < -0.4 is 5.32 Å². The maximum atomic E-state index is 12.0. The molecule has 0 saturated heterocycles. The molecule has 112 valence electrons. The highest BCUT2D eigenvalue weighted by molar-refractivity contribution is 9.11. The first-order valence-corrected chi connectivity index (χ1v) is 8.27. The first-order valence-electron chi connectivity index (χ1n) is 5.89. The Morgan fingerprint density at radius 2 is 2.00 bits per heavy atom. The molecule has 9 heteroatoms. The Balaban J connectivity index is 2.08. The van der Waals surface area contributed by atoms with E-state index in [-0.39, 0.29) is 12.5 Å². The van der Waals surface area contributed by atoms with E-state index in [4.69, 9.17) is 0 Å². The van der Waals surface area contributed by atoms with Gasteiger partial charge in [0.25, 0.3) is 0 Å². The minimum Gasteiger partial charge on any atom is -0.387 e. The second kappa shape index (κ2) is 6.99. The molecule has 1 heterocycles. The monoisotopic (exact) mass is 480 g/mol. The summed E-state index contributed by atoms with van der Waals surface area (Å²) in [6.45, 7) is 1.60. The number of amides is 1. The van der Waals surface area contributed by atoms with Gasteiger partial charge in [-0.2, -0.15) is 0 Å². The van der Waals surface area contributed by atoms with Crippen LogP contribution in [0.4, 0.5) is 5.69 Å². The van der Waals surface area contributed by atoms with Crippen LogP contribution in [0.1, 0.15) is 18.7 Å². The number of carbonyl (C=O) groups excluding carboxylic acids is 1. The third kappa shape index (κ3) is 4.35. The van der Waals surface area contributed by atoms with Crippen molar-refractivity contribution in [1.29, 1.82) is 0 Å². The van der Waals surface area contributed by atoms with E-state index in [1.54, 1.807) is 6.92 Å². The molecule has 0 fully saturated rings. The van der Waals surface area contributed by atoms with Crippen LogP contribution >= 0.6 is 47.8 Å². The Kier molecular flexibility index (Phi) is 5.53. The van der Waals surface area contributed by atoms with Crippen molar-refractivity contribution in [3.8, 4) is 0 Å². The van der Waals surface area contributed by atoms with E-state index >= 15 is 0 Å². The Bertz CT molecular complexity index is 649. The minimum absolute atomic E-state index is 0.00860. The van der Waals surface area contributed by atoms with Crippen molar-refractivity contribution in [2.45, 2.75) is 19.6 Å². The number of hydrogen-bond donors (Lipinski definition) is 2. The smallest absolute Gasteiger partial charge is 0.246 e. The summed E-state index contributed by atoms with van der Waals surface area (Å²) < 4.78 is 3.76. The van der Waals surface area contributed by atoms with Crippen LogP contribution in [0.3, 0.4) is 0 Å². The number of nitrogens with zero attached hydrogens (tertiary/aromatic N) is 3. The highest BCUT2D eigenvalue weighted by Gasteiger charge is 2.13. The lowest BCUT2D eigenvalue weighted by molar-refractivity contribution is -0.116. The SMILES string of the molecule is CC(O)c1cn(CC(=O)Nc2c(Br)cc(Br)cc2Br)nn1. The van der Waals surface area contributed by atoms with Gasteiger partial charge in [-0.1, -0.05) is 21.1 Å². The van der Waals surface area contributed by atoms with Crippen molar-refractivity contribution < 1.29 is 9.90 Å². The number of aromatic nitrogens is 3. The minimum atomic E-state index is -0.712. The summed E-state index contributed by atoms with van der Waals surface area (Å²) in [5.41, 5.74) is 1.06. The number of halogens is 3. The highest BCUT2D eigenvalue weighted by Crippen LogP contribution is 2.34. The van der Waals surface area contributed by atoms with E-state index in [0.717, 1.165) is 13.4 Å². The van der Waals surface area contributed by atoms with Gasteiger partial charge < -0.3 is 10.4 Å². The van der Waals surface area contributed by atoms with Gasteiger partial charge in [0.1, 0.15) is 12.2 Å². The Labute approximate surface area is 146 Å². The average molecular weight is 483 g/mol. The number of aliphatic hydroxyl groups excluding tert-OH is 1. The quantitative estimate of drug-likeness (QED) is 0.701. The van der Waals surface area contributed by atoms with Crippen LogP contribution in [0.25, 0.3) is 0 Å². The summed E-state index contributed by atoms with van der Waals surface area (Å²) >= 11 is 10.1. The lowest BCUT2D eigenvalue weighted by Gasteiger charge is -2.10. The summed E-state index contributed by atoms with van der Waals surface area (Å²) in [5.74, 6) is -0.249. The summed E-state index contributed by atoms with van der Waals surface area (Å²) in [4.78, 5) is 12.0. The standard InChI is InChI=1S/C12H11Br3N4O2/c1-6(20)10-4-19(18-17-10)5-11(21)16-12-8(14)2-7(13)3-9(12)15/h2-4,6,20H,5H2,1H3,(H,16,21). The average Bonchev–Trinajstić information content (AvgIpc) is 2.82. The van der Waals surface area contributed by atoms with Gasteiger partial charge in [-0.25, -0.2) is 4.68 Å². The molecule has 1 aromatic carbocycles. The molecule has 0 aliphatic carbocycles. The number of hydrogen-bond acceptors (Lipinski definition) is 4. The zero-order valence-corrected chi connectivity index (χ0v) is 15.6. The van der Waals surface area contributed by atoms with Gasteiger partial charge in [0.2, 0.25) is 5.91 Å². The second-order valence-corrected chi connectivity index (χ2v) is 6.93. The Hall–Kier alpha value is -0.770. The van der Waals surface area contributed by atoms with Crippen LogP contribution in [-0.2, 0) is 11.3 Å². The maximum Gasteiger partial charge on any atom is 0.246 e. The molecule has 0 bridgehead atoms. The van der Waals surface area contributed by atoms with Crippen LogP contribution in [-0.4, -0.2) is 26.0 Å². The van der Waals surface area contributed by atoms with Crippen LogP contribution in [0, 0.1) is 0 Å². The molecular formula is C12H11Br3N4O2. The van der Waals surface area contributed by atoms with Gasteiger partial charge in [-0.05, 0) is 50.9 Å². The van der Waals surface area contributed by atoms with Crippen molar-refractivity contribution >= 4 is 59.4 Å². The van der Waals surface area contributed by atoms with Gasteiger partial charge in [-0.3, -0.25) is 4.79 Å². The van der Waals surface area contributed by atoms with E-state index in [9.17, 15) is 9.90 Å². The summed E-state index contributed by atoms with van der Waals surface area (Å²) in [7, 11) is 0. The van der Waals surface area contributed by atoms with E-state index in [1.165, 1.54) is 10.9 Å². The van der Waals surface area contributed by atoms with Gasteiger partial charge in [-0.15, -0.1) is 5.10 Å². The molecular weight excluding hydrogens is 472 g/mol. The van der Waals surface area contributed by atoms with E-state index in [2.05, 4.69) is 63.4 Å². The van der Waals surface area contributed by atoms with E-state index < -0.39 is 6.10 Å². The third-order valence-electron chi connectivity index (χ3n) is 2.56. The van der Waals surface area contributed by atoms with Crippen molar-refractivity contribution in [1.82, 2.24) is 15.0 Å². The number of nitrogens with one attached hydrogen (secondary N) is 1. The molecule has 0 radical (unpaired) electrons.